The summed E-state index contributed by atoms with van der Waals surface area (Å²) < 4.78 is 11.2. The predicted octanol–water partition coefficient (Wildman–Crippen LogP) is 1.73. The Balaban J connectivity index is 3.48. The Morgan fingerprint density at radius 2 is 1.59 bits per heavy atom. The van der Waals surface area contributed by atoms with E-state index >= 15 is 0 Å². The molecule has 0 saturated carbocycles. The first-order valence-corrected chi connectivity index (χ1v) is 6.62. The molecule has 104 valence electrons. The van der Waals surface area contributed by atoms with Crippen molar-refractivity contribution in [2.24, 2.45) is 0 Å². The standard InChI is InChI=1S/C13H28O4/c1-3-13(2,7-4-8-14)17-12-6-11-16-10-5-9-15/h14-15H,3-12H2,1-2H3. The summed E-state index contributed by atoms with van der Waals surface area (Å²) in [5.41, 5.74) is -0.117. The van der Waals surface area contributed by atoms with Gasteiger partial charge in [0.2, 0.25) is 0 Å². The summed E-state index contributed by atoms with van der Waals surface area (Å²) in [6.45, 7) is 6.60. The second-order valence-corrected chi connectivity index (χ2v) is 4.52. The summed E-state index contributed by atoms with van der Waals surface area (Å²) in [5.74, 6) is 0. The predicted molar refractivity (Wildman–Crippen MR) is 68.1 cm³/mol. The largest absolute Gasteiger partial charge is 0.396 e. The molecule has 4 heteroatoms. The molecular weight excluding hydrogens is 220 g/mol. The molecule has 0 bridgehead atoms. The Bertz CT molecular complexity index is 163. The number of hydrogen-bond acceptors (Lipinski definition) is 4. The molecule has 2 N–H and O–H groups in total. The van der Waals surface area contributed by atoms with Crippen molar-refractivity contribution in [3.8, 4) is 0 Å². The summed E-state index contributed by atoms with van der Waals surface area (Å²) in [7, 11) is 0. The van der Waals surface area contributed by atoms with E-state index in [0.717, 1.165) is 25.7 Å². The maximum absolute atomic E-state index is 8.82. The van der Waals surface area contributed by atoms with E-state index in [1.165, 1.54) is 0 Å². The number of ether oxygens (including phenoxy) is 2. The van der Waals surface area contributed by atoms with Gasteiger partial charge in [-0.2, -0.15) is 0 Å². The van der Waals surface area contributed by atoms with Crippen molar-refractivity contribution in [3.63, 3.8) is 0 Å². The first-order valence-electron chi connectivity index (χ1n) is 6.62. The van der Waals surface area contributed by atoms with Crippen molar-refractivity contribution in [2.45, 2.75) is 51.6 Å². The Morgan fingerprint density at radius 1 is 0.941 bits per heavy atom. The van der Waals surface area contributed by atoms with E-state index in [1.807, 2.05) is 0 Å². The van der Waals surface area contributed by atoms with Crippen LogP contribution in [0.3, 0.4) is 0 Å². The zero-order chi connectivity index (χ0) is 13.0. The number of aliphatic hydroxyl groups excluding tert-OH is 2. The molecule has 0 aliphatic carbocycles. The van der Waals surface area contributed by atoms with Crippen LogP contribution in [0.4, 0.5) is 0 Å². The lowest BCUT2D eigenvalue weighted by Gasteiger charge is -2.28. The molecule has 1 unspecified atom stereocenters. The molecule has 0 aliphatic rings. The lowest BCUT2D eigenvalue weighted by Crippen LogP contribution is -2.29. The zero-order valence-corrected chi connectivity index (χ0v) is 11.3. The van der Waals surface area contributed by atoms with Crippen molar-refractivity contribution in [1.29, 1.82) is 0 Å². The lowest BCUT2D eigenvalue weighted by atomic mass is 9.97. The molecule has 0 heterocycles. The minimum Gasteiger partial charge on any atom is -0.396 e. The van der Waals surface area contributed by atoms with E-state index < -0.39 is 0 Å². The van der Waals surface area contributed by atoms with Crippen LogP contribution >= 0.6 is 0 Å². The highest BCUT2D eigenvalue weighted by Crippen LogP contribution is 2.21. The number of hydrogen-bond donors (Lipinski definition) is 2. The third kappa shape index (κ3) is 9.53. The van der Waals surface area contributed by atoms with Crippen LogP contribution in [-0.2, 0) is 9.47 Å². The normalized spacial score (nSPS) is 14.8. The second kappa shape index (κ2) is 11.0. The molecule has 17 heavy (non-hydrogen) atoms. The molecule has 0 aliphatic heterocycles. The van der Waals surface area contributed by atoms with Crippen LogP contribution in [0.5, 0.6) is 0 Å². The van der Waals surface area contributed by atoms with Crippen LogP contribution < -0.4 is 0 Å². The SMILES string of the molecule is CCC(C)(CCCO)OCCCOCCCO. The monoisotopic (exact) mass is 248 g/mol. The molecule has 0 amide bonds. The summed E-state index contributed by atoms with van der Waals surface area (Å²) in [4.78, 5) is 0. The van der Waals surface area contributed by atoms with Crippen LogP contribution in [-0.4, -0.2) is 48.8 Å². The molecule has 1 atom stereocenters. The number of rotatable bonds is 12. The molecular formula is C13H28O4. The average molecular weight is 248 g/mol. The van der Waals surface area contributed by atoms with Gasteiger partial charge in [-0.25, -0.2) is 0 Å². The molecule has 0 aromatic carbocycles. The van der Waals surface area contributed by atoms with Gasteiger partial charge in [0, 0.05) is 33.0 Å². The summed E-state index contributed by atoms with van der Waals surface area (Å²) in [5, 5.41) is 17.4. The minimum absolute atomic E-state index is 0.117. The average Bonchev–Trinajstić information content (AvgIpc) is 2.35. The van der Waals surface area contributed by atoms with Crippen molar-refractivity contribution in [2.75, 3.05) is 33.0 Å². The van der Waals surface area contributed by atoms with E-state index in [-0.39, 0.29) is 18.8 Å². The quantitative estimate of drug-likeness (QED) is 0.516. The molecule has 4 nitrogen and oxygen atoms in total. The van der Waals surface area contributed by atoms with Crippen LogP contribution in [0, 0.1) is 0 Å². The van der Waals surface area contributed by atoms with Gasteiger partial charge in [0.05, 0.1) is 5.60 Å². The van der Waals surface area contributed by atoms with Gasteiger partial charge >= 0.3 is 0 Å². The van der Waals surface area contributed by atoms with Crippen molar-refractivity contribution in [3.05, 3.63) is 0 Å². The van der Waals surface area contributed by atoms with Gasteiger partial charge in [-0.3, -0.25) is 0 Å². The molecule has 0 aromatic rings. The summed E-state index contributed by atoms with van der Waals surface area (Å²) in [6, 6.07) is 0. The van der Waals surface area contributed by atoms with E-state index in [1.54, 1.807) is 0 Å². The Hall–Kier alpha value is -0.160. The van der Waals surface area contributed by atoms with Crippen LogP contribution in [0.2, 0.25) is 0 Å². The topological polar surface area (TPSA) is 58.9 Å². The third-order valence-electron chi connectivity index (χ3n) is 2.94. The van der Waals surface area contributed by atoms with Crippen LogP contribution in [0.15, 0.2) is 0 Å². The van der Waals surface area contributed by atoms with Gasteiger partial charge in [-0.15, -0.1) is 0 Å². The summed E-state index contributed by atoms with van der Waals surface area (Å²) in [6.07, 6.45) is 4.21. The molecule has 0 saturated heterocycles. The highest BCUT2D eigenvalue weighted by atomic mass is 16.5. The number of aliphatic hydroxyl groups is 2. The fourth-order valence-corrected chi connectivity index (χ4v) is 1.55. The fourth-order valence-electron chi connectivity index (χ4n) is 1.55. The van der Waals surface area contributed by atoms with Crippen molar-refractivity contribution < 1.29 is 19.7 Å². The molecule has 0 spiro atoms. The molecule has 0 fully saturated rings. The van der Waals surface area contributed by atoms with E-state index in [4.69, 9.17) is 19.7 Å². The lowest BCUT2D eigenvalue weighted by molar-refractivity contribution is -0.0509. The van der Waals surface area contributed by atoms with Gasteiger partial charge in [-0.1, -0.05) is 6.92 Å². The highest BCUT2D eigenvalue weighted by Gasteiger charge is 2.21. The van der Waals surface area contributed by atoms with Gasteiger partial charge in [0.25, 0.3) is 0 Å². The molecule has 0 radical (unpaired) electrons. The van der Waals surface area contributed by atoms with Crippen LogP contribution in [0.1, 0.15) is 46.0 Å². The van der Waals surface area contributed by atoms with Gasteiger partial charge in [-0.05, 0) is 39.0 Å². The molecule has 0 aromatic heterocycles. The van der Waals surface area contributed by atoms with E-state index in [2.05, 4.69) is 13.8 Å². The fraction of sp³-hybridized carbons (Fsp3) is 1.00. The Labute approximate surface area is 105 Å². The summed E-state index contributed by atoms with van der Waals surface area (Å²) >= 11 is 0. The van der Waals surface area contributed by atoms with Crippen LogP contribution in [0.25, 0.3) is 0 Å². The minimum atomic E-state index is -0.117. The zero-order valence-electron chi connectivity index (χ0n) is 11.3. The highest BCUT2D eigenvalue weighted by molar-refractivity contribution is 4.72. The first kappa shape index (κ1) is 16.8. The van der Waals surface area contributed by atoms with Gasteiger partial charge in [0.1, 0.15) is 0 Å². The Morgan fingerprint density at radius 3 is 2.18 bits per heavy atom. The maximum Gasteiger partial charge on any atom is 0.0652 e. The molecule has 0 rings (SSSR count). The van der Waals surface area contributed by atoms with Gasteiger partial charge in [0.15, 0.2) is 0 Å². The van der Waals surface area contributed by atoms with E-state index in [0.29, 0.717) is 26.2 Å². The maximum atomic E-state index is 8.82. The Kier molecular flexibility index (Phi) is 10.9. The smallest absolute Gasteiger partial charge is 0.0652 e. The van der Waals surface area contributed by atoms with Gasteiger partial charge < -0.3 is 19.7 Å². The van der Waals surface area contributed by atoms with Crippen molar-refractivity contribution >= 4 is 0 Å². The van der Waals surface area contributed by atoms with E-state index in [9.17, 15) is 0 Å². The third-order valence-corrected chi connectivity index (χ3v) is 2.94. The van der Waals surface area contributed by atoms with Crippen molar-refractivity contribution in [1.82, 2.24) is 0 Å². The second-order valence-electron chi connectivity index (χ2n) is 4.52. The first-order chi connectivity index (χ1) is 8.18.